The number of aliphatic carboxylic acids is 1. The zero-order chi connectivity index (χ0) is 13.8. The third-order valence-electron chi connectivity index (χ3n) is 3.60. The second-order valence-corrected chi connectivity index (χ2v) is 4.90. The first-order valence-electron chi connectivity index (χ1n) is 6.63. The molecule has 2 atom stereocenters. The average Bonchev–Trinajstić information content (AvgIpc) is 2.80. The van der Waals surface area contributed by atoms with Crippen LogP contribution in [0, 0.1) is 0 Å². The molecule has 0 aliphatic carbocycles. The molecular weight excluding hydrogens is 246 g/mol. The number of aromatic nitrogens is 2. The highest BCUT2D eigenvalue weighted by atomic mass is 16.4. The van der Waals surface area contributed by atoms with Gasteiger partial charge in [-0.1, -0.05) is 12.8 Å². The average molecular weight is 265 g/mol. The van der Waals surface area contributed by atoms with Crippen molar-refractivity contribution in [2.45, 2.75) is 44.7 Å². The Kier molecular flexibility index (Phi) is 4.19. The minimum absolute atomic E-state index is 0.169. The third kappa shape index (κ3) is 2.94. The number of rotatable bonds is 3. The summed E-state index contributed by atoms with van der Waals surface area (Å²) in [5.74, 6) is -1.08. The smallest absolute Gasteiger partial charge is 0.326 e. The molecule has 6 heteroatoms. The number of carbonyl (C=O) groups excluding carboxylic acids is 1. The van der Waals surface area contributed by atoms with Crippen molar-refractivity contribution in [1.29, 1.82) is 0 Å². The molecule has 104 valence electrons. The molecule has 0 saturated carbocycles. The van der Waals surface area contributed by atoms with Gasteiger partial charge in [0.05, 0.1) is 0 Å². The molecule has 2 rings (SSSR count). The summed E-state index contributed by atoms with van der Waals surface area (Å²) in [7, 11) is 0. The summed E-state index contributed by atoms with van der Waals surface area (Å²) >= 11 is 0. The van der Waals surface area contributed by atoms with E-state index in [1.54, 1.807) is 30.1 Å². The second-order valence-electron chi connectivity index (χ2n) is 4.90. The lowest BCUT2D eigenvalue weighted by atomic mass is 10.1. The Morgan fingerprint density at radius 2 is 2.16 bits per heavy atom. The molecule has 0 radical (unpaired) electrons. The highest BCUT2D eigenvalue weighted by molar-refractivity contribution is 5.85. The number of likely N-dealkylation sites (tertiary alicyclic amines) is 1. The third-order valence-corrected chi connectivity index (χ3v) is 3.60. The van der Waals surface area contributed by atoms with Crippen molar-refractivity contribution in [3.8, 4) is 0 Å². The Morgan fingerprint density at radius 3 is 2.79 bits per heavy atom. The summed E-state index contributed by atoms with van der Waals surface area (Å²) in [5.41, 5.74) is 0. The Hall–Kier alpha value is -1.85. The molecule has 2 unspecified atom stereocenters. The molecule has 1 N–H and O–H groups in total. The maximum atomic E-state index is 12.5. The largest absolute Gasteiger partial charge is 0.480 e. The van der Waals surface area contributed by atoms with Crippen LogP contribution in [0.3, 0.4) is 0 Å². The van der Waals surface area contributed by atoms with Crippen LogP contribution in [0.25, 0.3) is 0 Å². The molecule has 0 aromatic carbocycles. The molecule has 1 aliphatic rings. The SMILES string of the molecule is CC(C(=O)N1CCCCCC1C(=O)O)n1cccn1. The predicted molar refractivity (Wildman–Crippen MR) is 68.5 cm³/mol. The Balaban J connectivity index is 2.16. The van der Waals surface area contributed by atoms with Crippen LogP contribution in [-0.2, 0) is 9.59 Å². The van der Waals surface area contributed by atoms with Gasteiger partial charge in [-0.2, -0.15) is 5.10 Å². The van der Waals surface area contributed by atoms with E-state index < -0.39 is 18.1 Å². The lowest BCUT2D eigenvalue weighted by Crippen LogP contribution is -2.47. The van der Waals surface area contributed by atoms with Gasteiger partial charge in [0.25, 0.3) is 0 Å². The van der Waals surface area contributed by atoms with Crippen molar-refractivity contribution in [1.82, 2.24) is 14.7 Å². The van der Waals surface area contributed by atoms with E-state index in [9.17, 15) is 14.7 Å². The first kappa shape index (κ1) is 13.6. The minimum atomic E-state index is -0.914. The highest BCUT2D eigenvalue weighted by Gasteiger charge is 2.33. The molecule has 1 amide bonds. The lowest BCUT2D eigenvalue weighted by molar-refractivity contribution is -0.151. The first-order valence-corrected chi connectivity index (χ1v) is 6.63. The summed E-state index contributed by atoms with van der Waals surface area (Å²) in [5, 5.41) is 13.3. The molecular formula is C13H19N3O3. The quantitative estimate of drug-likeness (QED) is 0.893. The summed E-state index contributed by atoms with van der Waals surface area (Å²) in [6.07, 6.45) is 6.56. The van der Waals surface area contributed by atoms with E-state index in [-0.39, 0.29) is 5.91 Å². The van der Waals surface area contributed by atoms with Crippen LogP contribution in [0.1, 0.15) is 38.6 Å². The van der Waals surface area contributed by atoms with Crippen LogP contribution in [0.4, 0.5) is 0 Å². The highest BCUT2D eigenvalue weighted by Crippen LogP contribution is 2.20. The summed E-state index contributed by atoms with van der Waals surface area (Å²) < 4.78 is 1.56. The number of carbonyl (C=O) groups is 2. The Labute approximate surface area is 112 Å². The summed E-state index contributed by atoms with van der Waals surface area (Å²) in [6, 6.07) is 0.587. The fourth-order valence-corrected chi connectivity index (χ4v) is 2.49. The fourth-order valence-electron chi connectivity index (χ4n) is 2.49. The molecule has 1 fully saturated rings. The zero-order valence-electron chi connectivity index (χ0n) is 11.0. The van der Waals surface area contributed by atoms with Crippen LogP contribution in [0.2, 0.25) is 0 Å². The number of hydrogen-bond acceptors (Lipinski definition) is 3. The Bertz CT molecular complexity index is 444. The van der Waals surface area contributed by atoms with E-state index in [0.29, 0.717) is 13.0 Å². The maximum absolute atomic E-state index is 12.5. The van der Waals surface area contributed by atoms with Gasteiger partial charge in [0.1, 0.15) is 12.1 Å². The van der Waals surface area contributed by atoms with Crippen LogP contribution in [0.5, 0.6) is 0 Å². The molecule has 6 nitrogen and oxygen atoms in total. The van der Waals surface area contributed by atoms with E-state index in [2.05, 4.69) is 5.10 Å². The summed E-state index contributed by atoms with van der Waals surface area (Å²) in [6.45, 7) is 2.26. The number of nitrogens with zero attached hydrogens (tertiary/aromatic N) is 3. The predicted octanol–water partition coefficient (Wildman–Crippen LogP) is 1.30. The number of hydrogen-bond donors (Lipinski definition) is 1. The fraction of sp³-hybridized carbons (Fsp3) is 0.615. The standard InChI is InChI=1S/C13H19N3O3/c1-10(16-9-5-7-14-16)12(17)15-8-4-2-3-6-11(15)13(18)19/h5,7,9-11H,2-4,6,8H2,1H3,(H,18,19). The molecule has 19 heavy (non-hydrogen) atoms. The van der Waals surface area contributed by atoms with Crippen molar-refractivity contribution in [3.63, 3.8) is 0 Å². The van der Waals surface area contributed by atoms with Gasteiger partial charge in [0, 0.05) is 18.9 Å². The molecule has 1 aromatic rings. The van der Waals surface area contributed by atoms with E-state index in [1.807, 2.05) is 0 Å². The van der Waals surface area contributed by atoms with Crippen LogP contribution in [0.15, 0.2) is 18.5 Å². The van der Waals surface area contributed by atoms with Crippen molar-refractivity contribution < 1.29 is 14.7 Å². The van der Waals surface area contributed by atoms with Gasteiger partial charge in [-0.25, -0.2) is 4.79 Å². The Morgan fingerprint density at radius 1 is 1.37 bits per heavy atom. The van der Waals surface area contributed by atoms with Crippen LogP contribution in [-0.4, -0.2) is 44.3 Å². The van der Waals surface area contributed by atoms with Crippen molar-refractivity contribution >= 4 is 11.9 Å². The lowest BCUT2D eigenvalue weighted by Gasteiger charge is -2.29. The van der Waals surface area contributed by atoms with Gasteiger partial charge in [-0.05, 0) is 25.8 Å². The first-order chi connectivity index (χ1) is 9.11. The monoisotopic (exact) mass is 265 g/mol. The molecule has 1 aromatic heterocycles. The second kappa shape index (κ2) is 5.86. The molecule has 0 spiro atoms. The van der Waals surface area contributed by atoms with Crippen molar-refractivity contribution in [2.24, 2.45) is 0 Å². The van der Waals surface area contributed by atoms with Gasteiger partial charge in [-0.15, -0.1) is 0 Å². The normalized spacial score (nSPS) is 21.7. The van der Waals surface area contributed by atoms with Crippen molar-refractivity contribution in [3.05, 3.63) is 18.5 Å². The van der Waals surface area contributed by atoms with Crippen LogP contribution >= 0.6 is 0 Å². The van der Waals surface area contributed by atoms with E-state index in [4.69, 9.17) is 0 Å². The van der Waals surface area contributed by atoms with Crippen LogP contribution < -0.4 is 0 Å². The van der Waals surface area contributed by atoms with Gasteiger partial charge in [-0.3, -0.25) is 9.48 Å². The summed E-state index contributed by atoms with van der Waals surface area (Å²) in [4.78, 5) is 25.3. The minimum Gasteiger partial charge on any atom is -0.480 e. The van der Waals surface area contributed by atoms with E-state index >= 15 is 0 Å². The van der Waals surface area contributed by atoms with E-state index in [0.717, 1.165) is 19.3 Å². The van der Waals surface area contributed by atoms with E-state index in [1.165, 1.54) is 4.90 Å². The maximum Gasteiger partial charge on any atom is 0.326 e. The zero-order valence-corrected chi connectivity index (χ0v) is 11.0. The number of carboxylic acids is 1. The topological polar surface area (TPSA) is 75.4 Å². The van der Waals surface area contributed by atoms with Gasteiger partial charge in [0.15, 0.2) is 0 Å². The van der Waals surface area contributed by atoms with Gasteiger partial charge >= 0.3 is 5.97 Å². The van der Waals surface area contributed by atoms with Crippen molar-refractivity contribution in [2.75, 3.05) is 6.54 Å². The number of carboxylic acid groups (broad SMARTS) is 1. The molecule has 1 aliphatic heterocycles. The molecule has 0 bridgehead atoms. The van der Waals surface area contributed by atoms with Gasteiger partial charge < -0.3 is 10.0 Å². The molecule has 1 saturated heterocycles. The van der Waals surface area contributed by atoms with Gasteiger partial charge in [0.2, 0.25) is 5.91 Å². The number of amides is 1. The molecule has 2 heterocycles.